The normalized spacial score (nSPS) is 15.5. The van der Waals surface area contributed by atoms with Gasteiger partial charge in [-0.15, -0.1) is 0 Å². The van der Waals surface area contributed by atoms with E-state index < -0.39 is 10.0 Å². The van der Waals surface area contributed by atoms with E-state index in [2.05, 4.69) is 10.0 Å². The van der Waals surface area contributed by atoms with Gasteiger partial charge < -0.3 is 15.0 Å². The molecule has 1 aliphatic heterocycles. The number of carbonyl (C=O) groups excluding carboxylic acids is 2. The number of sulfonamides is 1. The van der Waals surface area contributed by atoms with E-state index in [0.29, 0.717) is 22.9 Å². The molecule has 1 heterocycles. The number of ether oxygens (including phenoxy) is 1. The van der Waals surface area contributed by atoms with Crippen molar-refractivity contribution < 1.29 is 22.7 Å². The molecule has 0 saturated carbocycles. The van der Waals surface area contributed by atoms with Crippen LogP contribution < -0.4 is 19.7 Å². The molecule has 2 aromatic carbocycles. The third-order valence-electron chi connectivity index (χ3n) is 5.00. The van der Waals surface area contributed by atoms with Crippen molar-refractivity contribution in [2.45, 2.75) is 37.6 Å². The van der Waals surface area contributed by atoms with Crippen molar-refractivity contribution in [3.63, 3.8) is 0 Å². The highest BCUT2D eigenvalue weighted by atomic mass is 35.5. The second kappa shape index (κ2) is 9.25. The lowest BCUT2D eigenvalue weighted by Crippen LogP contribution is -2.33. The van der Waals surface area contributed by atoms with E-state index >= 15 is 0 Å². The maximum atomic E-state index is 12.7. The number of benzene rings is 2. The van der Waals surface area contributed by atoms with Crippen molar-refractivity contribution in [2.24, 2.45) is 0 Å². The van der Waals surface area contributed by atoms with Crippen molar-refractivity contribution in [1.29, 1.82) is 0 Å². The monoisotopic (exact) mass is 465 g/mol. The fraction of sp³-hybridized carbons (Fsp3) is 0.333. The highest BCUT2D eigenvalue weighted by molar-refractivity contribution is 7.89. The molecule has 0 aromatic heterocycles. The van der Waals surface area contributed by atoms with Crippen LogP contribution in [-0.4, -0.2) is 39.9 Å². The van der Waals surface area contributed by atoms with Crippen LogP contribution in [-0.2, 0) is 26.0 Å². The molecular weight excluding hydrogens is 442 g/mol. The number of amides is 2. The number of nitrogens with one attached hydrogen (secondary N) is 2. The van der Waals surface area contributed by atoms with E-state index in [9.17, 15) is 18.0 Å². The van der Waals surface area contributed by atoms with Crippen LogP contribution in [0.5, 0.6) is 5.75 Å². The van der Waals surface area contributed by atoms with Gasteiger partial charge in [-0.05, 0) is 55.3 Å². The van der Waals surface area contributed by atoms with Crippen molar-refractivity contribution in [1.82, 2.24) is 4.72 Å². The van der Waals surface area contributed by atoms with Crippen molar-refractivity contribution in [3.8, 4) is 5.75 Å². The molecule has 0 unspecified atom stereocenters. The summed E-state index contributed by atoms with van der Waals surface area (Å²) in [6.45, 7) is 3.33. The Morgan fingerprint density at radius 2 is 1.97 bits per heavy atom. The fourth-order valence-corrected chi connectivity index (χ4v) is 4.88. The highest BCUT2D eigenvalue weighted by Crippen LogP contribution is 2.34. The Bertz CT molecular complexity index is 1120. The Morgan fingerprint density at radius 1 is 1.23 bits per heavy atom. The van der Waals surface area contributed by atoms with E-state index in [1.807, 2.05) is 6.92 Å². The van der Waals surface area contributed by atoms with E-state index in [1.54, 1.807) is 35.2 Å². The quantitative estimate of drug-likeness (QED) is 0.654. The molecule has 0 aliphatic carbocycles. The minimum atomic E-state index is -3.80. The second-order valence-corrected chi connectivity index (χ2v) is 9.48. The molecule has 1 aliphatic rings. The maximum Gasteiger partial charge on any atom is 0.240 e. The van der Waals surface area contributed by atoms with Gasteiger partial charge in [0.2, 0.25) is 21.8 Å². The molecule has 0 fully saturated rings. The van der Waals surface area contributed by atoms with Crippen molar-refractivity contribution in [3.05, 3.63) is 47.0 Å². The first kappa shape index (κ1) is 23.1. The topological polar surface area (TPSA) is 105 Å². The number of rotatable bonds is 7. The van der Waals surface area contributed by atoms with Gasteiger partial charge in [-0.3, -0.25) is 9.59 Å². The molecule has 0 bridgehead atoms. The SMILES string of the molecule is COc1ccc(Cl)cc1NC(=O)CCNS(=O)(=O)c1ccc2c(c1)C[C@H](C)N2C(C)=O. The predicted octanol–water partition coefficient (Wildman–Crippen LogP) is 2.95. The number of fused-ring (bicyclic) bond motifs is 1. The summed E-state index contributed by atoms with van der Waals surface area (Å²) in [6.07, 6.45) is 0.511. The second-order valence-electron chi connectivity index (χ2n) is 7.27. The zero-order valence-electron chi connectivity index (χ0n) is 17.4. The molecule has 3 rings (SSSR count). The van der Waals surface area contributed by atoms with E-state index in [0.717, 1.165) is 11.3 Å². The van der Waals surface area contributed by atoms with Gasteiger partial charge in [-0.1, -0.05) is 11.6 Å². The largest absolute Gasteiger partial charge is 0.495 e. The molecule has 10 heteroatoms. The number of halogens is 1. The van der Waals surface area contributed by atoms with E-state index in [-0.39, 0.29) is 35.7 Å². The van der Waals surface area contributed by atoms with Crippen LogP contribution in [0.15, 0.2) is 41.3 Å². The Kier molecular flexibility index (Phi) is 6.88. The van der Waals surface area contributed by atoms with Gasteiger partial charge in [0.15, 0.2) is 0 Å². The standard InChI is InChI=1S/C21H24ClN3O5S/c1-13-10-15-11-17(5-6-19(15)25(13)14(2)26)31(28,29)23-9-8-21(27)24-18-12-16(22)4-7-20(18)30-3/h4-7,11-13,23H,8-10H2,1-3H3,(H,24,27)/t13-/m0/s1. The van der Waals surface area contributed by atoms with E-state index in [4.69, 9.17) is 16.3 Å². The van der Waals surface area contributed by atoms with Crippen LogP contribution in [0.1, 0.15) is 25.8 Å². The summed E-state index contributed by atoms with van der Waals surface area (Å²) >= 11 is 5.94. The zero-order valence-corrected chi connectivity index (χ0v) is 19.0. The molecule has 1 atom stereocenters. The van der Waals surface area contributed by atoms with Gasteiger partial charge in [0.1, 0.15) is 5.75 Å². The van der Waals surface area contributed by atoms with Gasteiger partial charge in [0, 0.05) is 36.6 Å². The summed E-state index contributed by atoms with van der Waals surface area (Å²) in [5.41, 5.74) is 1.94. The average Bonchev–Trinajstić information content (AvgIpc) is 3.03. The number of hydrogen-bond donors (Lipinski definition) is 2. The van der Waals surface area contributed by atoms with Crippen LogP contribution in [0.4, 0.5) is 11.4 Å². The van der Waals surface area contributed by atoms with Crippen LogP contribution in [0, 0.1) is 0 Å². The number of carbonyl (C=O) groups is 2. The summed E-state index contributed by atoms with van der Waals surface area (Å²) in [4.78, 5) is 25.8. The lowest BCUT2D eigenvalue weighted by Gasteiger charge is -2.20. The third-order valence-corrected chi connectivity index (χ3v) is 6.69. The van der Waals surface area contributed by atoms with Gasteiger partial charge in [0.05, 0.1) is 17.7 Å². The number of hydrogen-bond acceptors (Lipinski definition) is 5. The summed E-state index contributed by atoms with van der Waals surface area (Å²) in [5, 5.41) is 3.10. The minimum absolute atomic E-state index is 0.0226. The minimum Gasteiger partial charge on any atom is -0.495 e. The average molecular weight is 466 g/mol. The Hall–Kier alpha value is -2.62. The molecule has 31 heavy (non-hydrogen) atoms. The lowest BCUT2D eigenvalue weighted by molar-refractivity contribution is -0.117. The van der Waals surface area contributed by atoms with Gasteiger partial charge >= 0.3 is 0 Å². The molecule has 2 amide bonds. The lowest BCUT2D eigenvalue weighted by atomic mass is 10.1. The van der Waals surface area contributed by atoms with Gasteiger partial charge in [-0.25, -0.2) is 13.1 Å². The summed E-state index contributed by atoms with van der Waals surface area (Å²) in [5.74, 6) is -0.0178. The Balaban J connectivity index is 1.62. The molecule has 2 N–H and O–H groups in total. The van der Waals surface area contributed by atoms with Crippen LogP contribution in [0.3, 0.4) is 0 Å². The molecule has 0 spiro atoms. The molecule has 0 saturated heterocycles. The van der Waals surface area contributed by atoms with Crippen LogP contribution in [0.2, 0.25) is 5.02 Å². The van der Waals surface area contributed by atoms with Gasteiger partial charge in [-0.2, -0.15) is 0 Å². The first-order valence-corrected chi connectivity index (χ1v) is 11.5. The highest BCUT2D eigenvalue weighted by Gasteiger charge is 2.30. The molecule has 2 aromatic rings. The Morgan fingerprint density at radius 3 is 2.65 bits per heavy atom. The number of anilines is 2. The third kappa shape index (κ3) is 5.17. The summed E-state index contributed by atoms with van der Waals surface area (Å²) < 4.78 is 32.9. The Labute approximate surface area is 186 Å². The van der Waals surface area contributed by atoms with E-state index in [1.165, 1.54) is 20.1 Å². The smallest absolute Gasteiger partial charge is 0.240 e. The zero-order chi connectivity index (χ0) is 22.8. The van der Waals surface area contributed by atoms with Crippen LogP contribution in [0.25, 0.3) is 0 Å². The summed E-state index contributed by atoms with van der Waals surface area (Å²) in [6, 6.07) is 9.48. The van der Waals surface area contributed by atoms with Crippen molar-refractivity contribution in [2.75, 3.05) is 23.9 Å². The molecule has 0 radical (unpaired) electrons. The molecule has 8 nitrogen and oxygen atoms in total. The molecular formula is C21H24ClN3O5S. The molecule has 166 valence electrons. The van der Waals surface area contributed by atoms with Crippen molar-refractivity contribution >= 4 is 44.8 Å². The first-order valence-electron chi connectivity index (χ1n) is 9.68. The summed E-state index contributed by atoms with van der Waals surface area (Å²) in [7, 11) is -2.33. The first-order chi connectivity index (χ1) is 14.6. The van der Waals surface area contributed by atoms with Crippen LogP contribution >= 0.6 is 11.6 Å². The maximum absolute atomic E-state index is 12.7. The fourth-order valence-electron chi connectivity index (χ4n) is 3.63. The predicted molar refractivity (Wildman–Crippen MR) is 119 cm³/mol. The number of methoxy groups -OCH3 is 1. The number of nitrogens with zero attached hydrogens (tertiary/aromatic N) is 1. The van der Waals surface area contributed by atoms with Gasteiger partial charge in [0.25, 0.3) is 0 Å².